The van der Waals surface area contributed by atoms with E-state index < -0.39 is 5.79 Å². The Hall–Kier alpha value is -0.120. The molecule has 0 aromatic carbocycles. The molecule has 0 saturated heterocycles. The topological polar surface area (TPSA) is 30.5 Å². The quantitative estimate of drug-likeness (QED) is 0.466. The highest BCUT2D eigenvalue weighted by Crippen LogP contribution is 2.15. The van der Waals surface area contributed by atoms with Crippen molar-refractivity contribution >= 4 is 0 Å². The molecule has 0 amide bonds. The molecule has 0 fully saturated rings. The van der Waals surface area contributed by atoms with Gasteiger partial charge >= 0.3 is 0 Å². The summed E-state index contributed by atoms with van der Waals surface area (Å²) in [6, 6.07) is 0. The maximum atomic E-state index is 5.61. The van der Waals surface area contributed by atoms with Crippen molar-refractivity contribution in [1.29, 1.82) is 0 Å². The van der Waals surface area contributed by atoms with E-state index in [1.54, 1.807) is 7.11 Å². The Kier molecular flexibility index (Phi) is 7.23. The molecule has 0 aliphatic heterocycles. The normalized spacial score (nSPS) is 15.7. The Morgan fingerprint density at radius 2 is 2.00 bits per heavy atom. The van der Waals surface area contributed by atoms with Gasteiger partial charge in [0.15, 0.2) is 5.79 Å². The van der Waals surface area contributed by atoms with Crippen LogP contribution in [-0.4, -0.2) is 32.6 Å². The lowest BCUT2D eigenvalue weighted by molar-refractivity contribution is -0.211. The SMILES string of the molecule is CCNCCCOC(C)(CC)OC. The Balaban J connectivity index is 3.39. The molecule has 0 bridgehead atoms. The van der Waals surface area contributed by atoms with E-state index in [2.05, 4.69) is 19.2 Å². The molecule has 1 N–H and O–H groups in total. The summed E-state index contributed by atoms with van der Waals surface area (Å²) in [5.74, 6) is -0.397. The van der Waals surface area contributed by atoms with Gasteiger partial charge < -0.3 is 14.8 Å². The highest BCUT2D eigenvalue weighted by molar-refractivity contribution is 4.58. The van der Waals surface area contributed by atoms with E-state index in [9.17, 15) is 0 Å². The summed E-state index contributed by atoms with van der Waals surface area (Å²) in [5, 5.41) is 3.25. The predicted octanol–water partition coefficient (Wildman–Crippen LogP) is 1.78. The summed E-state index contributed by atoms with van der Waals surface area (Å²) in [6.45, 7) is 8.93. The first kappa shape index (κ1) is 12.9. The van der Waals surface area contributed by atoms with Gasteiger partial charge in [-0.05, 0) is 32.9 Å². The van der Waals surface area contributed by atoms with Crippen molar-refractivity contribution in [2.24, 2.45) is 0 Å². The van der Waals surface area contributed by atoms with E-state index in [1.807, 2.05) is 6.92 Å². The maximum absolute atomic E-state index is 5.61. The zero-order chi connectivity index (χ0) is 10.2. The van der Waals surface area contributed by atoms with E-state index in [0.29, 0.717) is 0 Å². The lowest BCUT2D eigenvalue weighted by atomic mass is 10.2. The second-order valence-electron chi connectivity index (χ2n) is 3.25. The number of methoxy groups -OCH3 is 1. The van der Waals surface area contributed by atoms with Gasteiger partial charge in [0.05, 0.1) is 6.61 Å². The van der Waals surface area contributed by atoms with Crippen molar-refractivity contribution in [3.63, 3.8) is 0 Å². The van der Waals surface area contributed by atoms with Crippen molar-refractivity contribution in [1.82, 2.24) is 5.32 Å². The van der Waals surface area contributed by atoms with Crippen LogP contribution < -0.4 is 5.32 Å². The number of nitrogens with one attached hydrogen (secondary N) is 1. The molecule has 3 heteroatoms. The molecular weight excluding hydrogens is 166 g/mol. The van der Waals surface area contributed by atoms with Gasteiger partial charge in [-0.25, -0.2) is 0 Å². The predicted molar refractivity (Wildman–Crippen MR) is 54.8 cm³/mol. The molecule has 0 radical (unpaired) electrons. The van der Waals surface area contributed by atoms with Crippen LogP contribution in [0, 0.1) is 0 Å². The maximum Gasteiger partial charge on any atom is 0.164 e. The lowest BCUT2D eigenvalue weighted by Crippen LogP contribution is -2.31. The Morgan fingerprint density at radius 1 is 1.31 bits per heavy atom. The highest BCUT2D eigenvalue weighted by atomic mass is 16.7. The summed E-state index contributed by atoms with van der Waals surface area (Å²) >= 11 is 0. The molecule has 0 spiro atoms. The van der Waals surface area contributed by atoms with Crippen LogP contribution in [0.2, 0.25) is 0 Å². The van der Waals surface area contributed by atoms with Crippen molar-refractivity contribution < 1.29 is 9.47 Å². The van der Waals surface area contributed by atoms with Crippen LogP contribution in [0.15, 0.2) is 0 Å². The average Bonchev–Trinajstić information content (AvgIpc) is 2.17. The number of rotatable bonds is 8. The Bertz CT molecular complexity index is 113. The summed E-state index contributed by atoms with van der Waals surface area (Å²) in [5.41, 5.74) is 0. The first-order valence-electron chi connectivity index (χ1n) is 5.08. The fourth-order valence-electron chi connectivity index (χ4n) is 0.967. The van der Waals surface area contributed by atoms with E-state index >= 15 is 0 Å². The summed E-state index contributed by atoms with van der Waals surface area (Å²) in [6.07, 6.45) is 1.91. The van der Waals surface area contributed by atoms with E-state index in [4.69, 9.17) is 9.47 Å². The number of hydrogen-bond acceptors (Lipinski definition) is 3. The molecule has 0 rings (SSSR count). The summed E-state index contributed by atoms with van der Waals surface area (Å²) < 4.78 is 10.9. The smallest absolute Gasteiger partial charge is 0.164 e. The third kappa shape index (κ3) is 6.02. The molecular formula is C10H23NO2. The van der Waals surface area contributed by atoms with Gasteiger partial charge in [-0.15, -0.1) is 0 Å². The van der Waals surface area contributed by atoms with Gasteiger partial charge in [-0.3, -0.25) is 0 Å². The first-order chi connectivity index (χ1) is 6.18. The van der Waals surface area contributed by atoms with Crippen LogP contribution in [-0.2, 0) is 9.47 Å². The minimum atomic E-state index is -0.397. The van der Waals surface area contributed by atoms with Gasteiger partial charge in [0.2, 0.25) is 0 Å². The first-order valence-corrected chi connectivity index (χ1v) is 5.08. The van der Waals surface area contributed by atoms with Crippen LogP contribution in [0.3, 0.4) is 0 Å². The van der Waals surface area contributed by atoms with Crippen LogP contribution in [0.5, 0.6) is 0 Å². The van der Waals surface area contributed by atoms with Crippen molar-refractivity contribution in [2.75, 3.05) is 26.8 Å². The van der Waals surface area contributed by atoms with Gasteiger partial charge in [-0.1, -0.05) is 13.8 Å². The molecule has 0 aromatic rings. The third-order valence-electron chi connectivity index (χ3n) is 2.23. The van der Waals surface area contributed by atoms with Crippen LogP contribution in [0.1, 0.15) is 33.6 Å². The minimum Gasteiger partial charge on any atom is -0.353 e. The summed E-state index contributed by atoms with van der Waals surface area (Å²) in [7, 11) is 1.69. The zero-order valence-corrected chi connectivity index (χ0v) is 9.35. The Morgan fingerprint density at radius 3 is 2.46 bits per heavy atom. The zero-order valence-electron chi connectivity index (χ0n) is 9.35. The van der Waals surface area contributed by atoms with Gasteiger partial charge in [0, 0.05) is 7.11 Å². The van der Waals surface area contributed by atoms with Crippen molar-refractivity contribution in [3.05, 3.63) is 0 Å². The molecule has 1 atom stereocenters. The molecule has 80 valence electrons. The molecule has 0 heterocycles. The summed E-state index contributed by atoms with van der Waals surface area (Å²) in [4.78, 5) is 0. The van der Waals surface area contributed by atoms with Gasteiger partial charge in [0.1, 0.15) is 0 Å². The molecule has 0 aliphatic rings. The standard InChI is InChI=1S/C10H23NO2/c1-5-10(3,12-4)13-9-7-8-11-6-2/h11H,5-9H2,1-4H3. The van der Waals surface area contributed by atoms with E-state index in [1.165, 1.54) is 0 Å². The van der Waals surface area contributed by atoms with Crippen molar-refractivity contribution in [2.45, 2.75) is 39.4 Å². The minimum absolute atomic E-state index is 0.397. The lowest BCUT2D eigenvalue weighted by Gasteiger charge is -2.26. The second-order valence-corrected chi connectivity index (χ2v) is 3.25. The molecule has 0 saturated carbocycles. The molecule has 1 unspecified atom stereocenters. The third-order valence-corrected chi connectivity index (χ3v) is 2.23. The average molecular weight is 189 g/mol. The monoisotopic (exact) mass is 189 g/mol. The highest BCUT2D eigenvalue weighted by Gasteiger charge is 2.20. The second kappa shape index (κ2) is 7.30. The van der Waals surface area contributed by atoms with E-state index in [-0.39, 0.29) is 0 Å². The number of hydrogen-bond donors (Lipinski definition) is 1. The van der Waals surface area contributed by atoms with E-state index in [0.717, 1.165) is 32.5 Å². The molecule has 13 heavy (non-hydrogen) atoms. The van der Waals surface area contributed by atoms with Gasteiger partial charge in [0.25, 0.3) is 0 Å². The largest absolute Gasteiger partial charge is 0.353 e. The fraction of sp³-hybridized carbons (Fsp3) is 1.00. The molecule has 3 nitrogen and oxygen atoms in total. The molecule has 0 aliphatic carbocycles. The van der Waals surface area contributed by atoms with Crippen LogP contribution in [0.4, 0.5) is 0 Å². The molecule has 0 aromatic heterocycles. The Labute approximate surface area is 81.8 Å². The fourth-order valence-corrected chi connectivity index (χ4v) is 0.967. The van der Waals surface area contributed by atoms with Crippen LogP contribution >= 0.6 is 0 Å². The van der Waals surface area contributed by atoms with Crippen LogP contribution in [0.25, 0.3) is 0 Å². The van der Waals surface area contributed by atoms with Crippen molar-refractivity contribution in [3.8, 4) is 0 Å². The number of ether oxygens (including phenoxy) is 2. The van der Waals surface area contributed by atoms with Gasteiger partial charge in [-0.2, -0.15) is 0 Å².